The standard InChI is InChI=1S/C6H14N4O2/c1-2-11-3-4-12-6(9)10-5(7)8/h2-4H2,1H3,(H5,7,8,9,10). The van der Waals surface area contributed by atoms with Crippen molar-refractivity contribution in [3.8, 4) is 0 Å². The molecule has 0 rings (SSSR count). The van der Waals surface area contributed by atoms with Crippen LogP contribution in [-0.2, 0) is 9.47 Å². The number of hydrogen-bond donors (Lipinski definition) is 3. The van der Waals surface area contributed by atoms with E-state index in [1.807, 2.05) is 6.92 Å². The molecule has 0 atom stereocenters. The number of amidine groups is 1. The molecular weight excluding hydrogens is 160 g/mol. The zero-order valence-electron chi connectivity index (χ0n) is 7.04. The molecule has 0 aliphatic carbocycles. The Morgan fingerprint density at radius 3 is 2.58 bits per heavy atom. The normalized spacial score (nSPS) is 11.2. The lowest BCUT2D eigenvalue weighted by molar-refractivity contribution is 0.105. The van der Waals surface area contributed by atoms with Gasteiger partial charge in [-0.1, -0.05) is 0 Å². The van der Waals surface area contributed by atoms with Gasteiger partial charge in [0.1, 0.15) is 6.61 Å². The van der Waals surface area contributed by atoms with Gasteiger partial charge in [0.2, 0.25) is 5.96 Å². The second-order valence-electron chi connectivity index (χ2n) is 1.88. The maximum atomic E-state index is 6.74. The minimum Gasteiger partial charge on any atom is -0.463 e. The van der Waals surface area contributed by atoms with Crippen molar-refractivity contribution in [2.75, 3.05) is 19.8 Å². The number of aliphatic imine (C=N–C) groups is 1. The van der Waals surface area contributed by atoms with E-state index in [9.17, 15) is 0 Å². The first-order valence-corrected chi connectivity index (χ1v) is 3.55. The summed E-state index contributed by atoms with van der Waals surface area (Å²) in [5, 5.41) is 6.74. The zero-order chi connectivity index (χ0) is 9.40. The molecule has 0 aromatic rings. The Labute approximate surface area is 71.1 Å². The van der Waals surface area contributed by atoms with Gasteiger partial charge in [-0.3, -0.25) is 5.41 Å². The van der Waals surface area contributed by atoms with Gasteiger partial charge >= 0.3 is 0 Å². The highest BCUT2D eigenvalue weighted by molar-refractivity contribution is 5.88. The van der Waals surface area contributed by atoms with Gasteiger partial charge in [0.15, 0.2) is 0 Å². The number of guanidine groups is 1. The summed E-state index contributed by atoms with van der Waals surface area (Å²) >= 11 is 0. The summed E-state index contributed by atoms with van der Waals surface area (Å²) in [6.07, 6.45) is 0. The molecule has 0 saturated heterocycles. The Kier molecular flexibility index (Phi) is 5.72. The van der Waals surface area contributed by atoms with Crippen molar-refractivity contribution in [3.05, 3.63) is 0 Å². The van der Waals surface area contributed by atoms with E-state index in [2.05, 4.69) is 4.99 Å². The van der Waals surface area contributed by atoms with Gasteiger partial charge in [-0.25, -0.2) is 0 Å². The van der Waals surface area contributed by atoms with Crippen LogP contribution in [0, 0.1) is 5.41 Å². The molecule has 0 amide bonds. The third kappa shape index (κ3) is 6.81. The number of hydrogen-bond acceptors (Lipinski definition) is 3. The Morgan fingerprint density at radius 1 is 1.42 bits per heavy atom. The molecule has 0 heterocycles. The van der Waals surface area contributed by atoms with Gasteiger partial charge in [0.25, 0.3) is 6.02 Å². The smallest absolute Gasteiger partial charge is 0.290 e. The second-order valence-corrected chi connectivity index (χ2v) is 1.88. The third-order valence-electron chi connectivity index (χ3n) is 0.912. The lowest BCUT2D eigenvalue weighted by Crippen LogP contribution is -2.22. The molecule has 0 spiro atoms. The molecule has 70 valence electrons. The van der Waals surface area contributed by atoms with Gasteiger partial charge in [0, 0.05) is 6.61 Å². The van der Waals surface area contributed by atoms with E-state index in [0.717, 1.165) is 0 Å². The van der Waals surface area contributed by atoms with Crippen LogP contribution < -0.4 is 11.5 Å². The number of nitrogens with two attached hydrogens (primary N) is 2. The highest BCUT2D eigenvalue weighted by Crippen LogP contribution is 1.78. The van der Waals surface area contributed by atoms with Crippen LogP contribution in [0.25, 0.3) is 0 Å². The van der Waals surface area contributed by atoms with Crippen molar-refractivity contribution in [1.29, 1.82) is 5.41 Å². The SMILES string of the molecule is CCOCCO/C(N)=N/C(=N)N. The highest BCUT2D eigenvalue weighted by Gasteiger charge is 1.93. The van der Waals surface area contributed by atoms with E-state index in [4.69, 9.17) is 26.4 Å². The summed E-state index contributed by atoms with van der Waals surface area (Å²) in [4.78, 5) is 3.35. The summed E-state index contributed by atoms with van der Waals surface area (Å²) in [6.45, 7) is 3.28. The van der Waals surface area contributed by atoms with E-state index in [-0.39, 0.29) is 12.0 Å². The summed E-state index contributed by atoms with van der Waals surface area (Å²) < 4.78 is 9.81. The van der Waals surface area contributed by atoms with Crippen LogP contribution in [0.5, 0.6) is 0 Å². The Morgan fingerprint density at radius 2 is 2.08 bits per heavy atom. The first-order chi connectivity index (χ1) is 5.66. The van der Waals surface area contributed by atoms with Crippen LogP contribution in [0.2, 0.25) is 0 Å². The number of rotatable bonds is 4. The summed E-state index contributed by atoms with van der Waals surface area (Å²) in [5.41, 5.74) is 10.1. The minimum atomic E-state index is -0.371. The van der Waals surface area contributed by atoms with Crippen LogP contribution in [-0.4, -0.2) is 31.8 Å². The predicted molar refractivity (Wildman–Crippen MR) is 46.0 cm³/mol. The Hall–Kier alpha value is -1.30. The molecule has 0 aliphatic rings. The van der Waals surface area contributed by atoms with Crippen LogP contribution in [0.3, 0.4) is 0 Å². The van der Waals surface area contributed by atoms with Crippen molar-refractivity contribution >= 4 is 12.0 Å². The molecule has 0 aliphatic heterocycles. The molecule has 6 nitrogen and oxygen atoms in total. The molecule has 0 aromatic carbocycles. The van der Waals surface area contributed by atoms with Crippen molar-refractivity contribution in [1.82, 2.24) is 0 Å². The molecule has 5 N–H and O–H groups in total. The molecule has 6 heteroatoms. The number of nitrogens with one attached hydrogen (secondary N) is 1. The average molecular weight is 174 g/mol. The van der Waals surface area contributed by atoms with Crippen LogP contribution in [0.15, 0.2) is 4.99 Å². The third-order valence-corrected chi connectivity index (χ3v) is 0.912. The molecule has 0 radical (unpaired) electrons. The quantitative estimate of drug-likeness (QED) is 0.296. The molecule has 12 heavy (non-hydrogen) atoms. The topological polar surface area (TPSA) is 107 Å². The molecule has 0 aromatic heterocycles. The maximum Gasteiger partial charge on any atom is 0.290 e. The van der Waals surface area contributed by atoms with Gasteiger partial charge in [-0.15, -0.1) is 0 Å². The molecular formula is C6H14N4O2. The fourth-order valence-electron chi connectivity index (χ4n) is 0.500. The predicted octanol–water partition coefficient (Wildman–Crippen LogP) is -0.752. The lowest BCUT2D eigenvalue weighted by atomic mass is 10.7. The van der Waals surface area contributed by atoms with Gasteiger partial charge in [-0.05, 0) is 6.92 Å². The Bertz CT molecular complexity index is 169. The van der Waals surface area contributed by atoms with Crippen LogP contribution >= 0.6 is 0 Å². The fourth-order valence-corrected chi connectivity index (χ4v) is 0.500. The summed E-state index contributed by atoms with van der Waals surface area (Å²) in [6, 6.07) is -0.109. The number of nitrogens with zero attached hydrogens (tertiary/aromatic N) is 1. The van der Waals surface area contributed by atoms with E-state index < -0.39 is 0 Å². The van der Waals surface area contributed by atoms with E-state index >= 15 is 0 Å². The van der Waals surface area contributed by atoms with Crippen molar-refractivity contribution in [3.63, 3.8) is 0 Å². The maximum absolute atomic E-state index is 6.74. The first-order valence-electron chi connectivity index (χ1n) is 3.55. The van der Waals surface area contributed by atoms with Gasteiger partial charge in [0.05, 0.1) is 6.61 Å². The van der Waals surface area contributed by atoms with Crippen molar-refractivity contribution < 1.29 is 9.47 Å². The first kappa shape index (κ1) is 10.7. The van der Waals surface area contributed by atoms with Crippen LogP contribution in [0.1, 0.15) is 6.92 Å². The van der Waals surface area contributed by atoms with Crippen molar-refractivity contribution in [2.24, 2.45) is 16.5 Å². The molecule has 0 saturated carbocycles. The highest BCUT2D eigenvalue weighted by atomic mass is 16.5. The minimum absolute atomic E-state index is 0.109. The largest absolute Gasteiger partial charge is 0.463 e. The molecule has 0 unspecified atom stereocenters. The average Bonchev–Trinajstić information content (AvgIpc) is 1.97. The van der Waals surface area contributed by atoms with Gasteiger partial charge < -0.3 is 20.9 Å². The summed E-state index contributed by atoms with van der Waals surface area (Å²) in [7, 11) is 0. The van der Waals surface area contributed by atoms with E-state index in [1.54, 1.807) is 0 Å². The van der Waals surface area contributed by atoms with Crippen LogP contribution in [0.4, 0.5) is 0 Å². The van der Waals surface area contributed by atoms with Crippen molar-refractivity contribution in [2.45, 2.75) is 6.92 Å². The Balaban J connectivity index is 3.43. The van der Waals surface area contributed by atoms with E-state index in [0.29, 0.717) is 19.8 Å². The monoisotopic (exact) mass is 174 g/mol. The fraction of sp³-hybridized carbons (Fsp3) is 0.667. The lowest BCUT2D eigenvalue weighted by Gasteiger charge is -2.03. The number of ether oxygens (including phenoxy) is 2. The molecule has 0 bridgehead atoms. The van der Waals surface area contributed by atoms with E-state index in [1.165, 1.54) is 0 Å². The zero-order valence-corrected chi connectivity index (χ0v) is 7.04. The summed E-state index contributed by atoms with van der Waals surface area (Å²) in [5.74, 6) is -0.371. The van der Waals surface area contributed by atoms with Gasteiger partial charge in [-0.2, -0.15) is 4.99 Å². The molecule has 0 fully saturated rings. The second kappa shape index (κ2) is 6.41.